The van der Waals surface area contributed by atoms with Crippen molar-refractivity contribution < 1.29 is 9.47 Å². The van der Waals surface area contributed by atoms with Crippen LogP contribution in [0.15, 0.2) is 71.2 Å². The highest BCUT2D eigenvalue weighted by Crippen LogP contribution is 2.31. The third-order valence-corrected chi connectivity index (χ3v) is 5.43. The first-order valence-electron chi connectivity index (χ1n) is 8.54. The van der Waals surface area contributed by atoms with Crippen molar-refractivity contribution in [2.24, 2.45) is 0 Å². The molecule has 0 aromatic heterocycles. The minimum absolute atomic E-state index is 0.00588. The topological polar surface area (TPSA) is 18.5 Å². The van der Waals surface area contributed by atoms with Crippen molar-refractivity contribution in [3.63, 3.8) is 0 Å². The van der Waals surface area contributed by atoms with Gasteiger partial charge in [0.2, 0.25) is 0 Å². The summed E-state index contributed by atoms with van der Waals surface area (Å²) in [5.41, 5.74) is 4.78. The molecule has 0 fully saturated rings. The molecule has 1 aliphatic rings. The Labute approximate surface area is 166 Å². The van der Waals surface area contributed by atoms with Crippen LogP contribution in [0, 0.1) is 0 Å². The van der Waals surface area contributed by atoms with E-state index < -0.39 is 0 Å². The molecule has 3 aromatic carbocycles. The van der Waals surface area contributed by atoms with Gasteiger partial charge < -0.3 is 9.47 Å². The highest BCUT2D eigenvalue weighted by atomic mass is 79.9. The van der Waals surface area contributed by atoms with Crippen LogP contribution >= 0.6 is 27.5 Å². The zero-order valence-electron chi connectivity index (χ0n) is 14.1. The second-order valence-electron chi connectivity index (χ2n) is 6.37. The summed E-state index contributed by atoms with van der Waals surface area (Å²) in [6.45, 7) is 1.18. The normalized spacial score (nSPS) is 15.7. The Hall–Kier alpha value is -1.81. The molecule has 2 nitrogen and oxygen atoms in total. The van der Waals surface area contributed by atoms with Crippen LogP contribution in [0.1, 0.15) is 28.4 Å². The molecule has 1 atom stereocenters. The summed E-state index contributed by atoms with van der Waals surface area (Å²) in [6, 6.07) is 22.4. The lowest BCUT2D eigenvalue weighted by molar-refractivity contribution is 0.0309. The fourth-order valence-corrected chi connectivity index (χ4v) is 3.76. The smallest absolute Gasteiger partial charge is 0.119 e. The summed E-state index contributed by atoms with van der Waals surface area (Å²) in [5.74, 6) is 0.849. The molecule has 0 aliphatic carbocycles. The van der Waals surface area contributed by atoms with Gasteiger partial charge in [0.15, 0.2) is 0 Å². The van der Waals surface area contributed by atoms with Crippen LogP contribution in [0.5, 0.6) is 5.75 Å². The molecule has 3 aromatic rings. The lowest BCUT2D eigenvalue weighted by Gasteiger charge is -2.13. The van der Waals surface area contributed by atoms with E-state index in [1.54, 1.807) is 0 Å². The maximum atomic E-state index is 6.28. The van der Waals surface area contributed by atoms with Crippen molar-refractivity contribution in [1.82, 2.24) is 0 Å². The molecule has 0 radical (unpaired) electrons. The average Bonchev–Trinajstić information content (AvgIpc) is 3.07. The third kappa shape index (κ3) is 3.96. The first kappa shape index (κ1) is 17.6. The van der Waals surface area contributed by atoms with Gasteiger partial charge in [0.1, 0.15) is 18.5 Å². The van der Waals surface area contributed by atoms with Gasteiger partial charge in [-0.15, -0.1) is 0 Å². The van der Waals surface area contributed by atoms with Crippen molar-refractivity contribution in [2.75, 3.05) is 6.61 Å². The predicted molar refractivity (Wildman–Crippen MR) is 108 cm³/mol. The number of fused-ring (bicyclic) bond motifs is 1. The van der Waals surface area contributed by atoms with E-state index in [-0.39, 0.29) is 6.10 Å². The van der Waals surface area contributed by atoms with Crippen molar-refractivity contribution >= 4 is 27.5 Å². The van der Waals surface area contributed by atoms with E-state index in [1.807, 2.05) is 36.4 Å². The number of rotatable bonds is 5. The number of hydrogen-bond acceptors (Lipinski definition) is 2. The fraction of sp³-hybridized carbons (Fsp3) is 0.182. The number of ether oxygens (including phenoxy) is 2. The monoisotopic (exact) mass is 428 g/mol. The number of benzene rings is 3. The Morgan fingerprint density at radius 1 is 1.04 bits per heavy atom. The van der Waals surface area contributed by atoms with Crippen LogP contribution in [0.2, 0.25) is 5.02 Å². The van der Waals surface area contributed by atoms with Crippen LogP contribution in [0.25, 0.3) is 0 Å². The summed E-state index contributed by atoms with van der Waals surface area (Å²) < 4.78 is 12.8. The Kier molecular flexibility index (Phi) is 5.30. The number of halogens is 2. The molecule has 0 N–H and O–H groups in total. The van der Waals surface area contributed by atoms with Crippen LogP contribution in [-0.2, 0) is 17.8 Å². The average molecular weight is 430 g/mol. The van der Waals surface area contributed by atoms with Gasteiger partial charge in [-0.1, -0.05) is 63.9 Å². The lowest BCUT2D eigenvalue weighted by atomic mass is 10.0. The van der Waals surface area contributed by atoms with Gasteiger partial charge >= 0.3 is 0 Å². The van der Waals surface area contributed by atoms with Gasteiger partial charge in [-0.2, -0.15) is 0 Å². The second-order valence-corrected chi connectivity index (χ2v) is 7.69. The maximum Gasteiger partial charge on any atom is 0.119 e. The Bertz CT molecular complexity index is 908. The molecule has 26 heavy (non-hydrogen) atoms. The van der Waals surface area contributed by atoms with E-state index >= 15 is 0 Å². The molecule has 0 saturated heterocycles. The molecule has 4 heteroatoms. The molecule has 0 bridgehead atoms. The molecule has 0 saturated carbocycles. The summed E-state index contributed by atoms with van der Waals surface area (Å²) >= 11 is 9.78. The van der Waals surface area contributed by atoms with E-state index in [9.17, 15) is 0 Å². The van der Waals surface area contributed by atoms with Gasteiger partial charge in [0.05, 0.1) is 6.61 Å². The summed E-state index contributed by atoms with van der Waals surface area (Å²) in [6.07, 6.45) is 0.795. The maximum absolute atomic E-state index is 6.28. The fourth-order valence-electron chi connectivity index (χ4n) is 3.17. The predicted octanol–water partition coefficient (Wildman–Crippen LogP) is 6.34. The Balaban J connectivity index is 1.38. The van der Waals surface area contributed by atoms with E-state index in [0.717, 1.165) is 27.2 Å². The second kappa shape index (κ2) is 7.83. The van der Waals surface area contributed by atoms with Crippen LogP contribution in [-0.4, -0.2) is 6.61 Å². The molecule has 1 heterocycles. The van der Waals surface area contributed by atoms with Gasteiger partial charge in [0, 0.05) is 9.50 Å². The van der Waals surface area contributed by atoms with Gasteiger partial charge in [0.25, 0.3) is 0 Å². The highest BCUT2D eigenvalue weighted by Gasteiger charge is 2.23. The Morgan fingerprint density at radius 2 is 1.85 bits per heavy atom. The van der Waals surface area contributed by atoms with Gasteiger partial charge in [-0.05, 0) is 59.0 Å². The van der Waals surface area contributed by atoms with Crippen LogP contribution in [0.4, 0.5) is 0 Å². The van der Waals surface area contributed by atoms with E-state index in [1.165, 1.54) is 16.7 Å². The molecule has 0 spiro atoms. The molecular weight excluding hydrogens is 412 g/mol. The van der Waals surface area contributed by atoms with Crippen molar-refractivity contribution in [2.45, 2.75) is 19.1 Å². The van der Waals surface area contributed by atoms with Crippen LogP contribution in [0.3, 0.4) is 0 Å². The SMILES string of the molecule is Clc1ccc(Br)cc1Cc1ccc(OC[C@@H]2OCc3ccccc32)cc1. The molecular formula is C22H18BrClO2. The largest absolute Gasteiger partial charge is 0.491 e. The van der Waals surface area contributed by atoms with Crippen molar-refractivity contribution in [3.8, 4) is 5.75 Å². The summed E-state index contributed by atoms with van der Waals surface area (Å²) in [4.78, 5) is 0. The molecule has 1 aliphatic heterocycles. The summed E-state index contributed by atoms with van der Waals surface area (Å²) in [7, 11) is 0. The van der Waals surface area contributed by atoms with Gasteiger partial charge in [-0.25, -0.2) is 0 Å². The highest BCUT2D eigenvalue weighted by molar-refractivity contribution is 9.10. The van der Waals surface area contributed by atoms with E-state index in [2.05, 4.69) is 46.3 Å². The lowest BCUT2D eigenvalue weighted by Crippen LogP contribution is -2.09. The standard InChI is InChI=1S/C22H18BrClO2/c23-18-7-10-21(24)17(12-18)11-15-5-8-19(9-6-15)25-14-22-20-4-2-1-3-16(20)13-26-22/h1-10,12,22H,11,13-14H2/t22-/m0/s1. The minimum Gasteiger partial charge on any atom is -0.491 e. The van der Waals surface area contributed by atoms with Crippen molar-refractivity contribution in [1.29, 1.82) is 0 Å². The molecule has 0 unspecified atom stereocenters. The molecule has 0 amide bonds. The van der Waals surface area contributed by atoms with Gasteiger partial charge in [-0.3, -0.25) is 0 Å². The summed E-state index contributed by atoms with van der Waals surface area (Å²) in [5, 5.41) is 0.783. The Morgan fingerprint density at radius 3 is 2.69 bits per heavy atom. The molecule has 4 rings (SSSR count). The van der Waals surface area contributed by atoms with Crippen molar-refractivity contribution in [3.05, 3.63) is 98.5 Å². The minimum atomic E-state index is 0.00588. The third-order valence-electron chi connectivity index (χ3n) is 4.57. The number of hydrogen-bond donors (Lipinski definition) is 0. The van der Waals surface area contributed by atoms with E-state index in [0.29, 0.717) is 13.2 Å². The van der Waals surface area contributed by atoms with Crippen LogP contribution < -0.4 is 4.74 Å². The quantitative estimate of drug-likeness (QED) is 0.471. The first-order chi connectivity index (χ1) is 12.7. The first-order valence-corrected chi connectivity index (χ1v) is 9.71. The zero-order valence-corrected chi connectivity index (χ0v) is 16.5. The molecule has 132 valence electrons. The van der Waals surface area contributed by atoms with E-state index in [4.69, 9.17) is 21.1 Å². The zero-order chi connectivity index (χ0) is 17.9.